The van der Waals surface area contributed by atoms with Gasteiger partial charge in [0.2, 0.25) is 0 Å². The van der Waals surface area contributed by atoms with Gasteiger partial charge in [0, 0.05) is 31.8 Å². The normalized spacial score (nSPS) is 18.1. The van der Waals surface area contributed by atoms with Crippen LogP contribution < -0.4 is 0 Å². The van der Waals surface area contributed by atoms with Crippen molar-refractivity contribution in [3.63, 3.8) is 0 Å². The van der Waals surface area contributed by atoms with Gasteiger partial charge in [-0.2, -0.15) is 0 Å². The minimum Gasteiger partial charge on any atom is -0.396 e. The van der Waals surface area contributed by atoms with Crippen LogP contribution >= 0.6 is 11.3 Å². The van der Waals surface area contributed by atoms with Crippen molar-refractivity contribution in [1.82, 2.24) is 14.5 Å². The van der Waals surface area contributed by atoms with Gasteiger partial charge in [0.15, 0.2) is 0 Å². The summed E-state index contributed by atoms with van der Waals surface area (Å²) in [5.41, 5.74) is 4.76. The van der Waals surface area contributed by atoms with Crippen molar-refractivity contribution in [1.29, 1.82) is 0 Å². The van der Waals surface area contributed by atoms with Crippen LogP contribution in [-0.2, 0) is 6.54 Å². The zero-order chi connectivity index (χ0) is 18.6. The Labute approximate surface area is 165 Å². The van der Waals surface area contributed by atoms with Gasteiger partial charge >= 0.3 is 0 Å². The number of aliphatic hydroxyl groups is 1. The average Bonchev–Trinajstić information content (AvgIpc) is 3.32. The average molecular weight is 382 g/mol. The zero-order valence-electron chi connectivity index (χ0n) is 15.8. The highest BCUT2D eigenvalue weighted by Crippen LogP contribution is 2.36. The van der Waals surface area contributed by atoms with Crippen molar-refractivity contribution in [2.24, 2.45) is 5.92 Å². The van der Waals surface area contributed by atoms with Crippen LogP contribution in [-0.4, -0.2) is 45.8 Å². The number of hydrogen-bond donors (Lipinski definition) is 1. The van der Waals surface area contributed by atoms with Crippen LogP contribution in [0, 0.1) is 12.8 Å². The van der Waals surface area contributed by atoms with E-state index in [9.17, 15) is 5.11 Å². The number of aryl methyl sites for hydroxylation is 1. The molecule has 1 aliphatic heterocycles. The van der Waals surface area contributed by atoms with E-state index in [2.05, 4.69) is 52.1 Å². The van der Waals surface area contributed by atoms with Crippen molar-refractivity contribution in [2.75, 3.05) is 26.2 Å². The minimum atomic E-state index is 0.305. The molecule has 4 rings (SSSR count). The lowest BCUT2D eigenvalue weighted by Crippen LogP contribution is -2.38. The molecule has 1 saturated heterocycles. The van der Waals surface area contributed by atoms with Gasteiger partial charge in [-0.15, -0.1) is 11.3 Å². The molecule has 27 heavy (non-hydrogen) atoms. The molecular formula is C22H27N3OS. The summed E-state index contributed by atoms with van der Waals surface area (Å²) >= 11 is 1.79. The predicted octanol–water partition coefficient (Wildman–Crippen LogP) is 4.29. The third-order valence-electron chi connectivity index (χ3n) is 5.48. The highest BCUT2D eigenvalue weighted by molar-refractivity contribution is 7.13. The first-order valence-corrected chi connectivity index (χ1v) is 10.6. The summed E-state index contributed by atoms with van der Waals surface area (Å²) in [6, 6.07) is 12.6. The molecule has 0 radical (unpaired) electrons. The van der Waals surface area contributed by atoms with E-state index < -0.39 is 0 Å². The van der Waals surface area contributed by atoms with Crippen LogP contribution in [0.15, 0.2) is 48.1 Å². The Morgan fingerprint density at radius 1 is 1.19 bits per heavy atom. The summed E-state index contributed by atoms with van der Waals surface area (Å²) in [7, 11) is 0. The first-order chi connectivity index (χ1) is 13.3. The first kappa shape index (κ1) is 18.4. The van der Waals surface area contributed by atoms with E-state index in [-0.39, 0.29) is 0 Å². The van der Waals surface area contributed by atoms with Gasteiger partial charge in [-0.3, -0.25) is 0 Å². The monoisotopic (exact) mass is 381 g/mol. The maximum absolute atomic E-state index is 9.48. The second kappa shape index (κ2) is 8.38. The standard InChI is InChI=1S/C22H27N3OS/c1-17-9-13-27-22(17)21-20(19-7-3-2-4-8-19)23-16-25(21)12-11-24-10-5-6-18(14-24)15-26/h2-4,7-9,13,16,18,26H,5-6,10-12,14-15H2,1H3. The van der Waals surface area contributed by atoms with Gasteiger partial charge in [-0.05, 0) is 49.2 Å². The van der Waals surface area contributed by atoms with Crippen LogP contribution in [0.4, 0.5) is 0 Å². The van der Waals surface area contributed by atoms with E-state index in [0.29, 0.717) is 12.5 Å². The molecule has 0 amide bonds. The van der Waals surface area contributed by atoms with Crippen LogP contribution in [0.5, 0.6) is 0 Å². The summed E-state index contributed by atoms with van der Waals surface area (Å²) in [6.45, 7) is 6.53. The van der Waals surface area contributed by atoms with E-state index in [1.54, 1.807) is 11.3 Å². The van der Waals surface area contributed by atoms with Crippen molar-refractivity contribution in [3.05, 3.63) is 53.7 Å². The number of nitrogens with zero attached hydrogens (tertiary/aromatic N) is 3. The molecule has 0 bridgehead atoms. The Kier molecular flexibility index (Phi) is 5.72. The molecule has 3 aromatic rings. The molecule has 1 atom stereocenters. The van der Waals surface area contributed by atoms with Gasteiger partial charge in [0.25, 0.3) is 0 Å². The van der Waals surface area contributed by atoms with Crippen LogP contribution in [0.3, 0.4) is 0 Å². The zero-order valence-corrected chi connectivity index (χ0v) is 16.7. The van der Waals surface area contributed by atoms with Crippen molar-refractivity contribution < 1.29 is 5.11 Å². The molecule has 0 spiro atoms. The van der Waals surface area contributed by atoms with Gasteiger partial charge < -0.3 is 14.6 Å². The van der Waals surface area contributed by atoms with Crippen LogP contribution in [0.2, 0.25) is 0 Å². The number of imidazole rings is 1. The third-order valence-corrected chi connectivity index (χ3v) is 6.50. The summed E-state index contributed by atoms with van der Waals surface area (Å²) < 4.78 is 2.31. The van der Waals surface area contributed by atoms with E-state index >= 15 is 0 Å². The minimum absolute atomic E-state index is 0.305. The summed E-state index contributed by atoms with van der Waals surface area (Å²) in [6.07, 6.45) is 4.32. The maximum Gasteiger partial charge on any atom is 0.0971 e. The number of benzene rings is 1. The number of thiophene rings is 1. The quantitative estimate of drug-likeness (QED) is 0.692. The maximum atomic E-state index is 9.48. The topological polar surface area (TPSA) is 41.3 Å². The van der Waals surface area contributed by atoms with Gasteiger partial charge in [-0.1, -0.05) is 30.3 Å². The molecule has 1 aliphatic rings. The van der Waals surface area contributed by atoms with Crippen LogP contribution in [0.25, 0.3) is 21.8 Å². The van der Waals surface area contributed by atoms with E-state index in [4.69, 9.17) is 4.98 Å². The Morgan fingerprint density at radius 2 is 2.04 bits per heavy atom. The third kappa shape index (κ3) is 4.00. The van der Waals surface area contributed by atoms with Crippen molar-refractivity contribution in [3.8, 4) is 21.8 Å². The molecule has 2 aromatic heterocycles. The molecule has 1 N–H and O–H groups in total. The van der Waals surface area contributed by atoms with Gasteiger partial charge in [0.1, 0.15) is 0 Å². The molecule has 5 heteroatoms. The molecule has 0 saturated carbocycles. The lowest BCUT2D eigenvalue weighted by atomic mass is 9.99. The largest absolute Gasteiger partial charge is 0.396 e. The highest BCUT2D eigenvalue weighted by atomic mass is 32.1. The Bertz CT molecular complexity index is 871. The van der Waals surface area contributed by atoms with E-state index in [0.717, 1.165) is 43.9 Å². The second-order valence-electron chi connectivity index (χ2n) is 7.43. The van der Waals surface area contributed by atoms with Gasteiger partial charge in [-0.25, -0.2) is 4.98 Å². The lowest BCUT2D eigenvalue weighted by molar-refractivity contribution is 0.118. The number of aliphatic hydroxyl groups excluding tert-OH is 1. The number of likely N-dealkylation sites (tertiary alicyclic amines) is 1. The highest BCUT2D eigenvalue weighted by Gasteiger charge is 2.21. The molecule has 1 fully saturated rings. The summed E-state index contributed by atoms with van der Waals surface area (Å²) in [4.78, 5) is 8.58. The molecule has 0 aliphatic carbocycles. The lowest BCUT2D eigenvalue weighted by Gasteiger charge is -2.31. The van der Waals surface area contributed by atoms with E-state index in [1.807, 2.05) is 12.4 Å². The fourth-order valence-corrected chi connectivity index (χ4v) is 4.95. The summed E-state index contributed by atoms with van der Waals surface area (Å²) in [5.74, 6) is 0.431. The van der Waals surface area contributed by atoms with Gasteiger partial charge in [0.05, 0.1) is 22.6 Å². The molecule has 4 nitrogen and oxygen atoms in total. The SMILES string of the molecule is Cc1ccsc1-c1c(-c2ccccc2)ncn1CCN1CCCC(CO)C1. The number of piperidine rings is 1. The Morgan fingerprint density at radius 3 is 2.78 bits per heavy atom. The van der Waals surface area contributed by atoms with Crippen molar-refractivity contribution in [2.45, 2.75) is 26.3 Å². The fourth-order valence-electron chi connectivity index (χ4n) is 3.97. The number of hydrogen-bond acceptors (Lipinski definition) is 4. The first-order valence-electron chi connectivity index (χ1n) is 9.74. The molecule has 3 heterocycles. The Hall–Kier alpha value is -1.95. The molecule has 142 valence electrons. The molecule has 1 aromatic carbocycles. The summed E-state index contributed by atoms with van der Waals surface area (Å²) in [5, 5.41) is 11.6. The molecule has 1 unspecified atom stereocenters. The second-order valence-corrected chi connectivity index (χ2v) is 8.34. The molecular weight excluding hydrogens is 354 g/mol. The smallest absolute Gasteiger partial charge is 0.0971 e. The van der Waals surface area contributed by atoms with Crippen molar-refractivity contribution >= 4 is 11.3 Å². The number of rotatable bonds is 6. The number of aromatic nitrogens is 2. The fraction of sp³-hybridized carbons (Fsp3) is 0.409. The van der Waals surface area contributed by atoms with Crippen LogP contribution in [0.1, 0.15) is 18.4 Å². The van der Waals surface area contributed by atoms with E-state index in [1.165, 1.54) is 22.6 Å². The Balaban J connectivity index is 1.61. The predicted molar refractivity (Wildman–Crippen MR) is 112 cm³/mol.